The third-order valence-corrected chi connectivity index (χ3v) is 32.6. The molecule has 12 aliphatic carbocycles. The molecule has 13 aliphatic rings. The van der Waals surface area contributed by atoms with Crippen LogP contribution in [0.2, 0.25) is 0 Å². The molecule has 105 heavy (non-hydrogen) atoms. The van der Waals surface area contributed by atoms with Crippen molar-refractivity contribution in [3.8, 4) is 0 Å². The number of ether oxygens (including phenoxy) is 2. The van der Waals surface area contributed by atoms with Crippen molar-refractivity contribution in [1.29, 1.82) is 0 Å². The quantitative estimate of drug-likeness (QED) is 0.0940. The Kier molecular flexibility index (Phi) is 20.7. The zero-order chi connectivity index (χ0) is 74.9. The Morgan fingerprint density at radius 1 is 0.543 bits per heavy atom. The van der Waals surface area contributed by atoms with Crippen LogP contribution in [0.3, 0.4) is 0 Å². The molecular formula is C86H109N3O13S3. The maximum atomic E-state index is 14.3. The van der Waals surface area contributed by atoms with Gasteiger partial charge in [0.2, 0.25) is 0 Å². The first-order valence-electron chi connectivity index (χ1n) is 38.9. The molecule has 16 rings (SSSR count). The van der Waals surface area contributed by atoms with Gasteiger partial charge in [-0.15, -0.1) is 0 Å². The number of aliphatic hydroxyl groups is 5. The summed E-state index contributed by atoms with van der Waals surface area (Å²) in [4.78, 5) is 91.1. The highest BCUT2D eigenvalue weighted by atomic mass is 32.2. The monoisotopic (exact) mass is 1490 g/mol. The maximum absolute atomic E-state index is 14.3. The van der Waals surface area contributed by atoms with E-state index >= 15 is 0 Å². The molecule has 16 nitrogen and oxygen atoms in total. The number of ketones is 6. The Labute approximate surface area is 632 Å². The molecule has 1 aliphatic heterocycles. The van der Waals surface area contributed by atoms with E-state index in [1.54, 1.807) is 24.3 Å². The van der Waals surface area contributed by atoms with E-state index in [1.165, 1.54) is 40.9 Å². The van der Waals surface area contributed by atoms with Gasteiger partial charge in [0.25, 0.3) is 0 Å². The van der Waals surface area contributed by atoms with Gasteiger partial charge in [0, 0.05) is 62.4 Å². The topological polar surface area (TPSA) is 261 Å². The Morgan fingerprint density at radius 2 is 1.02 bits per heavy atom. The van der Waals surface area contributed by atoms with Crippen LogP contribution < -0.4 is 0 Å². The summed E-state index contributed by atoms with van der Waals surface area (Å²) in [6.45, 7) is 22.9. The highest BCUT2D eigenvalue weighted by molar-refractivity contribution is 8.00. The Bertz CT molecular complexity index is 4150. The number of pyridine rings is 3. The standard InChI is InChI=1S/C31H39NO5S.C28H35NO4S.C27H35NO4S/c1-5-7-27-36-25-15-22-21-11-10-19-14-20(33)12-13-29(19,3)28(21)23(34)16-30(22,4)31(25,37-27)24(35)17-38-26-9-6-8-18(2)32-26;1-16-12-19-20-9-11-28(33,23(32)15-34-24-7-5-6-17(2)29-24)27(20,4)14-22(31)25(19)26(3)10-8-18(30)13-21(16)26;1-16-5-4-6-23(28-16)33-15-22(31)27(32)12-10-20-19-8-7-17-13-18(29)9-11-25(17,2)24(19)21(30)14-26(20,27)3/h6,8-9,12-14,21-23,25,27-28,34H,5,7,10-11,15-17H2,1-4H3;5-8,10,13,16,19-20,22,25,31,33H,9,11-12,14-15H2,1-4H3;4-6,13,19-21,24,30,32H,7-12,14-15H2,1-3H3/t21?,22?,23-,25+,27+,28?,29?,30?,31+;16-,19?,20?,22-,25?,26?,27?,28-;19?,20?,21-,24?,25?,26?,27-/m000/s1. The lowest BCUT2D eigenvalue weighted by molar-refractivity contribution is -0.197. The van der Waals surface area contributed by atoms with Gasteiger partial charge in [0.15, 0.2) is 46.6 Å². The van der Waals surface area contributed by atoms with E-state index in [9.17, 15) is 54.3 Å². The van der Waals surface area contributed by atoms with E-state index in [0.717, 1.165) is 114 Å². The van der Waals surface area contributed by atoms with Crippen LogP contribution in [-0.4, -0.2) is 140 Å². The number of aromatic nitrogens is 3. The third kappa shape index (κ3) is 12.6. The Morgan fingerprint density at radius 3 is 1.56 bits per heavy atom. The smallest absolute Gasteiger partial charge is 0.178 e. The summed E-state index contributed by atoms with van der Waals surface area (Å²) in [5.41, 5.74) is -0.451. The van der Waals surface area contributed by atoms with Gasteiger partial charge < -0.3 is 35.0 Å². The van der Waals surface area contributed by atoms with Crippen LogP contribution in [0.25, 0.3) is 0 Å². The number of aryl methyl sites for hydroxylation is 3. The molecule has 0 radical (unpaired) electrons. The fraction of sp³-hybridized carbons (Fsp3) is 0.640. The van der Waals surface area contributed by atoms with E-state index in [1.807, 2.05) is 107 Å². The van der Waals surface area contributed by atoms with Crippen LogP contribution in [0.15, 0.2) is 129 Å². The van der Waals surface area contributed by atoms with Gasteiger partial charge in [-0.2, -0.15) is 0 Å². The number of hydrogen-bond acceptors (Lipinski definition) is 19. The predicted molar refractivity (Wildman–Crippen MR) is 405 cm³/mol. The van der Waals surface area contributed by atoms with Gasteiger partial charge in [0.05, 0.1) is 56.8 Å². The van der Waals surface area contributed by atoms with Crippen LogP contribution in [-0.2, 0) is 38.2 Å². The van der Waals surface area contributed by atoms with E-state index in [4.69, 9.17) is 9.47 Å². The predicted octanol–water partition coefficient (Wildman–Crippen LogP) is 13.8. The minimum absolute atomic E-state index is 0.00760. The summed E-state index contributed by atoms with van der Waals surface area (Å²) >= 11 is 4.21. The van der Waals surface area contributed by atoms with Crippen molar-refractivity contribution in [2.75, 3.05) is 17.3 Å². The first kappa shape index (κ1) is 76.7. The molecular weight excluding hydrogens is 1380 g/mol. The fourth-order valence-corrected chi connectivity index (χ4v) is 27.6. The van der Waals surface area contributed by atoms with Gasteiger partial charge in [-0.25, -0.2) is 15.0 Å². The first-order valence-corrected chi connectivity index (χ1v) is 41.9. The Hall–Kier alpha value is -5.06. The van der Waals surface area contributed by atoms with Crippen LogP contribution in [0.1, 0.15) is 182 Å². The number of allylic oxidation sites excluding steroid dienone is 9. The minimum atomic E-state index is -1.45. The van der Waals surface area contributed by atoms with Crippen molar-refractivity contribution in [2.24, 2.45) is 91.7 Å². The van der Waals surface area contributed by atoms with E-state index < -0.39 is 57.7 Å². The van der Waals surface area contributed by atoms with Gasteiger partial charge in [-0.05, 0) is 237 Å². The maximum Gasteiger partial charge on any atom is 0.178 e. The normalized spacial score (nSPS) is 42.8. The first-order chi connectivity index (χ1) is 49.7. The molecule has 3 aromatic heterocycles. The zero-order valence-corrected chi connectivity index (χ0v) is 65.6. The molecule has 19 heteroatoms. The van der Waals surface area contributed by atoms with Crippen molar-refractivity contribution in [1.82, 2.24) is 15.0 Å². The molecule has 0 aromatic carbocycles. The lowest BCUT2D eigenvalue weighted by Crippen LogP contribution is -2.63. The number of nitrogens with zero attached hydrogens (tertiary/aromatic N) is 3. The van der Waals surface area contributed by atoms with Gasteiger partial charge in [-0.3, -0.25) is 28.8 Å². The molecule has 15 unspecified atom stereocenters. The lowest BCUT2D eigenvalue weighted by atomic mass is 9.45. The molecule has 1 saturated heterocycles. The molecule has 9 saturated carbocycles. The van der Waals surface area contributed by atoms with Crippen molar-refractivity contribution in [3.05, 3.63) is 131 Å². The van der Waals surface area contributed by atoms with E-state index in [2.05, 4.69) is 56.5 Å². The number of aliphatic hydroxyl groups excluding tert-OH is 3. The Balaban J connectivity index is 0.000000133. The van der Waals surface area contributed by atoms with Gasteiger partial charge >= 0.3 is 0 Å². The van der Waals surface area contributed by atoms with E-state index in [0.29, 0.717) is 38.5 Å². The average molecular weight is 1490 g/mol. The number of fused-ring (bicyclic) bond motifs is 17. The molecule has 10 fully saturated rings. The SMILES string of the molecule is CCC[C@@H]1O[C@@H]2CC3C4CCC5=CC(=O)C=CC5(C)C4[C@@H](O)CC3(C)[C@]2(C(=O)CSc2cccc(C)n2)O1.Cc1cccc(SCC(=O)[C@@]2(O)CCC3C4CCC5=CC(=O)CCC5(C)C4[C@@H](O)CC32C)n1.Cc1cccc(SCC(=O)[C@@]2(O)CCC3C4C[C@H](C)C5=CC(=O)C=CC5(C)C4[C@@H](O)CC32C)n1. The summed E-state index contributed by atoms with van der Waals surface area (Å²) < 4.78 is 13.3. The van der Waals surface area contributed by atoms with Gasteiger partial charge in [-0.1, -0.05) is 144 Å². The molecule has 564 valence electrons. The summed E-state index contributed by atoms with van der Waals surface area (Å²) in [6.07, 6.45) is 22.2. The van der Waals surface area contributed by atoms with Crippen LogP contribution in [0.5, 0.6) is 0 Å². The van der Waals surface area contributed by atoms with Crippen LogP contribution >= 0.6 is 35.3 Å². The van der Waals surface area contributed by atoms with Crippen LogP contribution in [0.4, 0.5) is 0 Å². The van der Waals surface area contributed by atoms with Crippen LogP contribution in [0, 0.1) is 112 Å². The number of rotatable bonds is 14. The second-order valence-corrected chi connectivity index (χ2v) is 38.2. The molecule has 4 heterocycles. The number of hydrogen-bond donors (Lipinski definition) is 5. The van der Waals surface area contributed by atoms with Crippen molar-refractivity contribution in [2.45, 2.75) is 248 Å². The second kappa shape index (κ2) is 28.4. The highest BCUT2D eigenvalue weighted by Gasteiger charge is 2.76. The fourth-order valence-electron chi connectivity index (χ4n) is 24.9. The minimum Gasteiger partial charge on any atom is -0.393 e. The summed E-state index contributed by atoms with van der Waals surface area (Å²) in [5, 5.41) is 61.0. The molecule has 0 amide bonds. The summed E-state index contributed by atoms with van der Waals surface area (Å²) in [7, 11) is 0. The summed E-state index contributed by atoms with van der Waals surface area (Å²) in [6, 6.07) is 17.3. The van der Waals surface area contributed by atoms with Crippen molar-refractivity contribution in [3.63, 3.8) is 0 Å². The largest absolute Gasteiger partial charge is 0.393 e. The molecule has 0 spiro atoms. The molecule has 5 N–H and O–H groups in total. The number of carbonyl (C=O) groups is 6. The number of carbonyl (C=O) groups excluding carboxylic acids is 6. The third-order valence-electron chi connectivity index (χ3n) is 29.8. The van der Waals surface area contributed by atoms with Gasteiger partial charge in [0.1, 0.15) is 11.2 Å². The number of thioether (sulfide) groups is 3. The lowest BCUT2D eigenvalue weighted by Gasteiger charge is -2.60. The van der Waals surface area contributed by atoms with Crippen molar-refractivity contribution < 1.29 is 63.8 Å². The molecule has 3 aromatic rings. The number of Topliss-reactive ketones (excluding diaryl/α,β-unsaturated/α-hetero) is 3. The second-order valence-electron chi connectivity index (χ2n) is 35.2. The van der Waals surface area contributed by atoms with Crippen molar-refractivity contribution >= 4 is 70.0 Å². The highest BCUT2D eigenvalue weighted by Crippen LogP contribution is 2.73. The van der Waals surface area contributed by atoms with E-state index in [-0.39, 0.29) is 133 Å². The molecule has 24 atom stereocenters. The summed E-state index contributed by atoms with van der Waals surface area (Å²) in [5.74, 6) is 2.18. The molecule has 0 bridgehead atoms. The average Bonchev–Trinajstić information content (AvgIpc) is 1.56. The zero-order valence-electron chi connectivity index (χ0n) is 63.1.